The molecule has 0 radical (unpaired) electrons. The number of aliphatic hydroxyl groups is 2. The molecule has 104 valence electrons. The molecule has 1 saturated heterocycles. The smallest absolute Gasteiger partial charge is 0.321 e. The molecule has 0 aromatic heterocycles. The number of nitrogens with zero attached hydrogens (tertiary/aromatic N) is 1. The second kappa shape index (κ2) is 6.04. The number of benzene rings is 1. The number of rotatable bonds is 2. The van der Waals surface area contributed by atoms with Gasteiger partial charge in [0.2, 0.25) is 0 Å². The predicted octanol–water partition coefficient (Wildman–Crippen LogP) is 1.73. The second-order valence-electron chi connectivity index (χ2n) is 4.97. The molecular weight excluding hydrogens is 244 g/mol. The monoisotopic (exact) mass is 264 g/mol. The maximum absolute atomic E-state index is 12.0. The maximum Gasteiger partial charge on any atom is 0.321 e. The molecule has 0 bridgehead atoms. The van der Waals surface area contributed by atoms with Crippen LogP contribution in [0.2, 0.25) is 0 Å². The number of anilines is 1. The van der Waals surface area contributed by atoms with E-state index in [4.69, 9.17) is 0 Å². The van der Waals surface area contributed by atoms with Crippen molar-refractivity contribution in [1.29, 1.82) is 0 Å². The third kappa shape index (κ3) is 3.68. The number of urea groups is 1. The van der Waals surface area contributed by atoms with Crippen molar-refractivity contribution in [3.63, 3.8) is 0 Å². The van der Waals surface area contributed by atoms with E-state index in [0.29, 0.717) is 18.8 Å². The Morgan fingerprint density at radius 2 is 2.32 bits per heavy atom. The summed E-state index contributed by atoms with van der Waals surface area (Å²) in [5, 5.41) is 21.9. The standard InChI is InChI=1S/C14H20N2O3/c1-10(17)11-4-2-5-12(8-11)15-14(19)16-7-3-6-13(18)9-16/h2,4-5,8,10,13,17-18H,3,6-7,9H2,1H3,(H,15,19). The van der Waals surface area contributed by atoms with E-state index < -0.39 is 12.2 Å². The molecule has 2 atom stereocenters. The number of likely N-dealkylation sites (tertiary alicyclic amines) is 1. The minimum atomic E-state index is -0.561. The largest absolute Gasteiger partial charge is 0.391 e. The van der Waals surface area contributed by atoms with Crippen LogP contribution in [0, 0.1) is 0 Å². The number of carbonyl (C=O) groups excluding carboxylic acids is 1. The Balaban J connectivity index is 2.00. The molecular formula is C14H20N2O3. The van der Waals surface area contributed by atoms with Crippen LogP contribution in [0.1, 0.15) is 31.4 Å². The number of piperidine rings is 1. The summed E-state index contributed by atoms with van der Waals surface area (Å²) in [5.74, 6) is 0. The van der Waals surface area contributed by atoms with Gasteiger partial charge in [0.25, 0.3) is 0 Å². The van der Waals surface area contributed by atoms with E-state index >= 15 is 0 Å². The van der Waals surface area contributed by atoms with E-state index in [9.17, 15) is 15.0 Å². The normalized spacial score (nSPS) is 21.0. The Morgan fingerprint density at radius 3 is 3.00 bits per heavy atom. The third-order valence-corrected chi connectivity index (χ3v) is 3.30. The van der Waals surface area contributed by atoms with Crippen LogP contribution < -0.4 is 5.32 Å². The van der Waals surface area contributed by atoms with E-state index in [1.54, 1.807) is 30.0 Å². The highest BCUT2D eigenvalue weighted by Crippen LogP contribution is 2.18. The molecule has 1 aromatic carbocycles. The van der Waals surface area contributed by atoms with Gasteiger partial charge in [-0.3, -0.25) is 0 Å². The van der Waals surface area contributed by atoms with Crippen molar-refractivity contribution in [1.82, 2.24) is 4.90 Å². The van der Waals surface area contributed by atoms with Crippen LogP contribution in [0.3, 0.4) is 0 Å². The molecule has 2 amide bonds. The Hall–Kier alpha value is -1.59. The highest BCUT2D eigenvalue weighted by atomic mass is 16.3. The molecule has 0 saturated carbocycles. The molecule has 1 fully saturated rings. The number of nitrogens with one attached hydrogen (secondary N) is 1. The van der Waals surface area contributed by atoms with Crippen molar-refractivity contribution in [2.45, 2.75) is 32.0 Å². The van der Waals surface area contributed by atoms with Gasteiger partial charge in [-0.15, -0.1) is 0 Å². The van der Waals surface area contributed by atoms with Crippen LogP contribution >= 0.6 is 0 Å². The fraction of sp³-hybridized carbons (Fsp3) is 0.500. The van der Waals surface area contributed by atoms with Gasteiger partial charge in [-0.2, -0.15) is 0 Å². The minimum Gasteiger partial charge on any atom is -0.391 e. The molecule has 2 rings (SSSR count). The van der Waals surface area contributed by atoms with Gasteiger partial charge in [-0.1, -0.05) is 12.1 Å². The lowest BCUT2D eigenvalue weighted by molar-refractivity contribution is 0.0883. The zero-order valence-electron chi connectivity index (χ0n) is 11.0. The van der Waals surface area contributed by atoms with Gasteiger partial charge < -0.3 is 20.4 Å². The van der Waals surface area contributed by atoms with E-state index in [0.717, 1.165) is 18.4 Å². The highest BCUT2D eigenvalue weighted by molar-refractivity contribution is 5.89. The molecule has 3 N–H and O–H groups in total. The fourth-order valence-electron chi connectivity index (χ4n) is 2.22. The quantitative estimate of drug-likeness (QED) is 0.761. The Labute approximate surface area is 112 Å². The summed E-state index contributed by atoms with van der Waals surface area (Å²) in [6, 6.07) is 6.93. The molecule has 5 heteroatoms. The van der Waals surface area contributed by atoms with Crippen molar-refractivity contribution in [3.05, 3.63) is 29.8 Å². The number of hydrogen-bond donors (Lipinski definition) is 3. The van der Waals surface area contributed by atoms with E-state index in [1.807, 2.05) is 6.07 Å². The number of aliphatic hydroxyl groups excluding tert-OH is 2. The van der Waals surface area contributed by atoms with Crippen LogP contribution in [0.25, 0.3) is 0 Å². The van der Waals surface area contributed by atoms with Crippen molar-refractivity contribution in [2.24, 2.45) is 0 Å². The van der Waals surface area contributed by atoms with Crippen LogP contribution in [0.5, 0.6) is 0 Å². The van der Waals surface area contributed by atoms with Gasteiger partial charge in [0.05, 0.1) is 12.2 Å². The molecule has 19 heavy (non-hydrogen) atoms. The average molecular weight is 264 g/mol. The van der Waals surface area contributed by atoms with Crippen molar-refractivity contribution >= 4 is 11.7 Å². The van der Waals surface area contributed by atoms with Gasteiger partial charge in [-0.05, 0) is 37.5 Å². The summed E-state index contributed by atoms with van der Waals surface area (Å²) in [7, 11) is 0. The summed E-state index contributed by atoms with van der Waals surface area (Å²) in [6.45, 7) is 2.73. The fourth-order valence-corrected chi connectivity index (χ4v) is 2.22. The molecule has 1 heterocycles. The van der Waals surface area contributed by atoms with Crippen LogP contribution in [-0.4, -0.2) is 40.3 Å². The summed E-state index contributed by atoms with van der Waals surface area (Å²) in [6.07, 6.45) is 0.584. The van der Waals surface area contributed by atoms with Crippen molar-refractivity contribution < 1.29 is 15.0 Å². The Bertz CT molecular complexity index is 448. The third-order valence-electron chi connectivity index (χ3n) is 3.30. The van der Waals surface area contributed by atoms with Gasteiger partial charge in [0.1, 0.15) is 0 Å². The summed E-state index contributed by atoms with van der Waals surface area (Å²) >= 11 is 0. The van der Waals surface area contributed by atoms with Crippen molar-refractivity contribution in [2.75, 3.05) is 18.4 Å². The number of β-amino-alcohol motifs (C(OH)–C–C–N with tert-alkyl or cyclic N) is 1. The topological polar surface area (TPSA) is 72.8 Å². The van der Waals surface area contributed by atoms with Crippen molar-refractivity contribution in [3.8, 4) is 0 Å². The van der Waals surface area contributed by atoms with E-state index in [-0.39, 0.29) is 6.03 Å². The maximum atomic E-state index is 12.0. The van der Waals surface area contributed by atoms with E-state index in [2.05, 4.69) is 5.32 Å². The number of hydrogen-bond acceptors (Lipinski definition) is 3. The van der Waals surface area contributed by atoms with Gasteiger partial charge in [0, 0.05) is 18.8 Å². The minimum absolute atomic E-state index is 0.207. The van der Waals surface area contributed by atoms with Crippen LogP contribution in [-0.2, 0) is 0 Å². The first kappa shape index (κ1) is 13.8. The first-order chi connectivity index (χ1) is 9.06. The zero-order valence-corrected chi connectivity index (χ0v) is 11.0. The summed E-state index contributed by atoms with van der Waals surface area (Å²) in [4.78, 5) is 13.6. The molecule has 1 aliphatic rings. The Morgan fingerprint density at radius 1 is 1.53 bits per heavy atom. The highest BCUT2D eigenvalue weighted by Gasteiger charge is 2.22. The second-order valence-corrected chi connectivity index (χ2v) is 4.97. The summed E-state index contributed by atoms with van der Waals surface area (Å²) in [5.41, 5.74) is 1.42. The first-order valence-electron chi connectivity index (χ1n) is 6.58. The SMILES string of the molecule is CC(O)c1cccc(NC(=O)N2CCCC(O)C2)c1. The number of amides is 2. The molecule has 1 aliphatic heterocycles. The molecule has 5 nitrogen and oxygen atoms in total. The van der Waals surface area contributed by atoms with Crippen LogP contribution in [0.15, 0.2) is 24.3 Å². The Kier molecular flexibility index (Phi) is 4.39. The zero-order chi connectivity index (χ0) is 13.8. The molecule has 1 aromatic rings. The number of carbonyl (C=O) groups is 1. The lowest BCUT2D eigenvalue weighted by Crippen LogP contribution is -2.44. The summed E-state index contributed by atoms with van der Waals surface area (Å²) < 4.78 is 0. The van der Waals surface area contributed by atoms with Gasteiger partial charge in [-0.25, -0.2) is 4.79 Å². The van der Waals surface area contributed by atoms with Gasteiger partial charge in [0.15, 0.2) is 0 Å². The lowest BCUT2D eigenvalue weighted by Gasteiger charge is -2.30. The average Bonchev–Trinajstić information content (AvgIpc) is 2.39. The van der Waals surface area contributed by atoms with Gasteiger partial charge >= 0.3 is 6.03 Å². The van der Waals surface area contributed by atoms with Crippen LogP contribution in [0.4, 0.5) is 10.5 Å². The molecule has 0 aliphatic carbocycles. The molecule has 0 spiro atoms. The lowest BCUT2D eigenvalue weighted by atomic mass is 10.1. The van der Waals surface area contributed by atoms with E-state index in [1.165, 1.54) is 0 Å². The molecule has 2 unspecified atom stereocenters. The predicted molar refractivity (Wildman–Crippen MR) is 72.9 cm³/mol. The first-order valence-corrected chi connectivity index (χ1v) is 6.58.